The van der Waals surface area contributed by atoms with Crippen LogP contribution >= 0.6 is 35.0 Å². The van der Waals surface area contributed by atoms with Gasteiger partial charge in [0.15, 0.2) is 0 Å². The molecular weight excluding hydrogens is 241 g/mol. The molecule has 1 saturated heterocycles. The van der Waals surface area contributed by atoms with Crippen LogP contribution in [0.4, 0.5) is 5.69 Å². The zero-order valence-electron chi connectivity index (χ0n) is 7.17. The van der Waals surface area contributed by atoms with Crippen LogP contribution in [0.2, 0.25) is 10.0 Å². The number of amides is 1. The minimum absolute atomic E-state index is 0.0965. The highest BCUT2D eigenvalue weighted by molar-refractivity contribution is 8.00. The van der Waals surface area contributed by atoms with E-state index in [0.29, 0.717) is 21.7 Å². The van der Waals surface area contributed by atoms with E-state index < -0.39 is 0 Å². The van der Waals surface area contributed by atoms with Crippen molar-refractivity contribution in [2.24, 2.45) is 0 Å². The fraction of sp³-hybridized carbons (Fsp3) is 0.222. The van der Waals surface area contributed by atoms with Crippen LogP contribution in [0, 0.1) is 0 Å². The number of carbonyl (C=O) groups excluding carboxylic acids is 1. The molecule has 74 valence electrons. The highest BCUT2D eigenvalue weighted by Crippen LogP contribution is 2.32. The summed E-state index contributed by atoms with van der Waals surface area (Å²) in [4.78, 5) is 13.1. The lowest BCUT2D eigenvalue weighted by molar-refractivity contribution is -0.115. The van der Waals surface area contributed by atoms with Crippen LogP contribution in [0.25, 0.3) is 0 Å². The first-order valence-corrected chi connectivity index (χ1v) is 5.93. The smallest absolute Gasteiger partial charge is 0.237 e. The van der Waals surface area contributed by atoms with Crippen molar-refractivity contribution in [2.75, 3.05) is 16.5 Å². The Morgan fingerprint density at radius 1 is 1.36 bits per heavy atom. The van der Waals surface area contributed by atoms with Gasteiger partial charge in [-0.3, -0.25) is 4.79 Å². The summed E-state index contributed by atoms with van der Waals surface area (Å²) in [5, 5.41) is 1.10. The molecule has 2 rings (SSSR count). The first-order valence-electron chi connectivity index (χ1n) is 4.01. The van der Waals surface area contributed by atoms with Crippen molar-refractivity contribution in [3.05, 3.63) is 28.2 Å². The maximum atomic E-state index is 11.4. The molecule has 1 heterocycles. The third kappa shape index (κ3) is 1.85. The summed E-state index contributed by atoms with van der Waals surface area (Å²) in [5.74, 6) is 1.29. The van der Waals surface area contributed by atoms with Gasteiger partial charge in [-0.05, 0) is 18.2 Å². The second-order valence-electron chi connectivity index (χ2n) is 2.90. The minimum atomic E-state index is 0.0965. The second kappa shape index (κ2) is 4.01. The molecule has 1 amide bonds. The van der Waals surface area contributed by atoms with Gasteiger partial charge in [0.25, 0.3) is 0 Å². The molecule has 0 spiro atoms. The largest absolute Gasteiger partial charge is 0.300 e. The number of rotatable bonds is 1. The van der Waals surface area contributed by atoms with Gasteiger partial charge < -0.3 is 4.90 Å². The van der Waals surface area contributed by atoms with Crippen molar-refractivity contribution < 1.29 is 4.79 Å². The number of hydrogen-bond donors (Lipinski definition) is 0. The van der Waals surface area contributed by atoms with Gasteiger partial charge >= 0.3 is 0 Å². The van der Waals surface area contributed by atoms with Crippen LogP contribution in [0.3, 0.4) is 0 Å². The van der Waals surface area contributed by atoms with Crippen molar-refractivity contribution in [3.63, 3.8) is 0 Å². The maximum Gasteiger partial charge on any atom is 0.237 e. The van der Waals surface area contributed by atoms with Crippen LogP contribution in [0.5, 0.6) is 0 Å². The molecule has 0 aliphatic carbocycles. The Kier molecular flexibility index (Phi) is 2.91. The van der Waals surface area contributed by atoms with E-state index >= 15 is 0 Å². The molecule has 2 nitrogen and oxygen atoms in total. The number of thioether (sulfide) groups is 1. The van der Waals surface area contributed by atoms with E-state index in [-0.39, 0.29) is 5.91 Å². The summed E-state index contributed by atoms with van der Waals surface area (Å²) in [6, 6.07) is 5.15. The fourth-order valence-corrected chi connectivity index (χ4v) is 2.68. The molecule has 5 heteroatoms. The van der Waals surface area contributed by atoms with Crippen molar-refractivity contribution in [3.8, 4) is 0 Å². The molecule has 1 aromatic carbocycles. The summed E-state index contributed by atoms with van der Waals surface area (Å²) < 4.78 is 0. The van der Waals surface area contributed by atoms with Gasteiger partial charge in [0.1, 0.15) is 0 Å². The third-order valence-electron chi connectivity index (χ3n) is 1.95. The van der Waals surface area contributed by atoms with Crippen LogP contribution in [-0.2, 0) is 4.79 Å². The van der Waals surface area contributed by atoms with E-state index in [1.807, 2.05) is 0 Å². The fourth-order valence-electron chi connectivity index (χ4n) is 1.28. The van der Waals surface area contributed by atoms with Gasteiger partial charge in [0.05, 0.1) is 22.3 Å². The molecule has 14 heavy (non-hydrogen) atoms. The molecule has 1 aliphatic rings. The zero-order chi connectivity index (χ0) is 10.1. The molecule has 1 aromatic rings. The molecule has 0 radical (unpaired) electrons. The maximum absolute atomic E-state index is 11.4. The van der Waals surface area contributed by atoms with Crippen molar-refractivity contribution in [1.82, 2.24) is 0 Å². The number of anilines is 1. The molecule has 0 unspecified atom stereocenters. The third-order valence-corrected chi connectivity index (χ3v) is 3.38. The Morgan fingerprint density at radius 3 is 2.71 bits per heavy atom. The average molecular weight is 248 g/mol. The van der Waals surface area contributed by atoms with Crippen LogP contribution in [0.1, 0.15) is 0 Å². The van der Waals surface area contributed by atoms with E-state index in [1.165, 1.54) is 0 Å². The monoisotopic (exact) mass is 247 g/mol. The van der Waals surface area contributed by atoms with Gasteiger partial charge in [-0.15, -0.1) is 11.8 Å². The first kappa shape index (κ1) is 10.1. The van der Waals surface area contributed by atoms with E-state index in [9.17, 15) is 4.79 Å². The highest BCUT2D eigenvalue weighted by Gasteiger charge is 2.23. The summed E-state index contributed by atoms with van der Waals surface area (Å²) in [7, 11) is 0. The van der Waals surface area contributed by atoms with Crippen LogP contribution in [0.15, 0.2) is 18.2 Å². The lowest BCUT2D eigenvalue weighted by atomic mass is 10.3. The predicted octanol–water partition coefficient (Wildman–Crippen LogP) is 3.03. The van der Waals surface area contributed by atoms with Gasteiger partial charge in [0, 0.05) is 5.02 Å². The highest BCUT2D eigenvalue weighted by atomic mass is 35.5. The Bertz CT molecular complexity index is 383. The Labute approximate surface area is 96.2 Å². The SMILES string of the molecule is O=C1CSCN1c1ccc(Cl)cc1Cl. The number of benzene rings is 1. The molecule has 0 aromatic heterocycles. The lowest BCUT2D eigenvalue weighted by Gasteiger charge is -2.16. The number of halogens is 2. The van der Waals surface area contributed by atoms with Gasteiger partial charge in [-0.1, -0.05) is 23.2 Å². The number of carbonyl (C=O) groups is 1. The summed E-state index contributed by atoms with van der Waals surface area (Å²) in [6.07, 6.45) is 0. The van der Waals surface area contributed by atoms with Gasteiger partial charge in [0.2, 0.25) is 5.91 Å². The van der Waals surface area contributed by atoms with Crippen LogP contribution in [-0.4, -0.2) is 17.5 Å². The lowest BCUT2D eigenvalue weighted by Crippen LogP contribution is -2.25. The molecular formula is C9H7Cl2NOS. The van der Waals surface area contributed by atoms with Crippen molar-refractivity contribution in [2.45, 2.75) is 0 Å². The summed E-state index contributed by atoms with van der Waals surface area (Å²) in [6.45, 7) is 0. The topological polar surface area (TPSA) is 20.3 Å². The number of hydrogen-bond acceptors (Lipinski definition) is 2. The van der Waals surface area contributed by atoms with Gasteiger partial charge in [-0.25, -0.2) is 0 Å². The molecule has 1 fully saturated rings. The number of nitrogens with zero attached hydrogens (tertiary/aromatic N) is 1. The van der Waals surface area contributed by atoms with Crippen molar-refractivity contribution in [1.29, 1.82) is 0 Å². The summed E-state index contributed by atoms with van der Waals surface area (Å²) >= 11 is 13.3. The van der Waals surface area contributed by atoms with E-state index in [0.717, 1.165) is 5.69 Å². The predicted molar refractivity (Wildman–Crippen MR) is 61.3 cm³/mol. The Hall–Kier alpha value is -0.380. The van der Waals surface area contributed by atoms with Crippen LogP contribution < -0.4 is 4.90 Å². The first-order chi connectivity index (χ1) is 6.68. The minimum Gasteiger partial charge on any atom is -0.300 e. The second-order valence-corrected chi connectivity index (χ2v) is 4.69. The summed E-state index contributed by atoms with van der Waals surface area (Å²) in [5.41, 5.74) is 0.742. The Balaban J connectivity index is 2.36. The van der Waals surface area contributed by atoms with E-state index in [4.69, 9.17) is 23.2 Å². The normalized spacial score (nSPS) is 16.4. The molecule has 1 aliphatic heterocycles. The average Bonchev–Trinajstić information content (AvgIpc) is 2.52. The zero-order valence-corrected chi connectivity index (χ0v) is 9.49. The van der Waals surface area contributed by atoms with E-state index in [2.05, 4.69) is 0 Å². The van der Waals surface area contributed by atoms with E-state index in [1.54, 1.807) is 34.9 Å². The Morgan fingerprint density at radius 2 is 2.14 bits per heavy atom. The van der Waals surface area contributed by atoms with Crippen molar-refractivity contribution >= 4 is 46.6 Å². The standard InChI is InChI=1S/C9H7Cl2NOS/c10-6-1-2-8(7(11)3-6)12-5-14-4-9(12)13/h1-3H,4-5H2. The molecule has 0 atom stereocenters. The van der Waals surface area contributed by atoms with Gasteiger partial charge in [-0.2, -0.15) is 0 Å². The quantitative estimate of drug-likeness (QED) is 0.761. The molecule has 0 bridgehead atoms. The molecule has 0 N–H and O–H groups in total. The molecule has 0 saturated carbocycles.